The van der Waals surface area contributed by atoms with Gasteiger partial charge in [-0.25, -0.2) is 14.8 Å². The van der Waals surface area contributed by atoms with Gasteiger partial charge in [-0.15, -0.1) is 0 Å². The van der Waals surface area contributed by atoms with Crippen LogP contribution in [0.5, 0.6) is 0 Å². The molecule has 0 aromatic carbocycles. The summed E-state index contributed by atoms with van der Waals surface area (Å²) in [6.07, 6.45) is 3.24. The SMILES string of the molecule is CCN(C)c1ncnc2c1CCN(C(=O)N1CCOCC1)CC2. The summed E-state index contributed by atoms with van der Waals surface area (Å²) in [6, 6.07) is 0.125. The van der Waals surface area contributed by atoms with Crippen molar-refractivity contribution in [3.8, 4) is 0 Å². The third kappa shape index (κ3) is 3.39. The van der Waals surface area contributed by atoms with E-state index in [-0.39, 0.29) is 6.03 Å². The van der Waals surface area contributed by atoms with Gasteiger partial charge in [0.05, 0.1) is 18.9 Å². The van der Waals surface area contributed by atoms with Crippen molar-refractivity contribution >= 4 is 11.8 Å². The number of hydrogen-bond acceptors (Lipinski definition) is 5. The molecule has 7 nitrogen and oxygen atoms in total. The van der Waals surface area contributed by atoms with E-state index in [2.05, 4.69) is 21.8 Å². The van der Waals surface area contributed by atoms with Crippen LogP contribution in [0.4, 0.5) is 10.6 Å². The molecule has 0 aliphatic carbocycles. The maximum atomic E-state index is 12.7. The molecule has 23 heavy (non-hydrogen) atoms. The van der Waals surface area contributed by atoms with Gasteiger partial charge in [0.2, 0.25) is 0 Å². The summed E-state index contributed by atoms with van der Waals surface area (Å²) in [5.74, 6) is 0.998. The molecule has 2 aliphatic rings. The summed E-state index contributed by atoms with van der Waals surface area (Å²) >= 11 is 0. The first-order chi connectivity index (χ1) is 11.2. The number of rotatable bonds is 2. The molecular weight excluding hydrogens is 294 g/mol. The Kier molecular flexibility index (Phi) is 4.95. The van der Waals surface area contributed by atoms with Gasteiger partial charge in [-0.3, -0.25) is 0 Å². The molecule has 2 aliphatic heterocycles. The molecular formula is C16H25N5O2. The molecule has 0 N–H and O–H groups in total. The maximum absolute atomic E-state index is 12.7. The lowest BCUT2D eigenvalue weighted by Gasteiger charge is -2.32. The molecule has 3 rings (SSSR count). The Morgan fingerprint density at radius 2 is 1.87 bits per heavy atom. The van der Waals surface area contributed by atoms with Gasteiger partial charge in [0, 0.05) is 51.8 Å². The molecule has 0 spiro atoms. The predicted octanol–water partition coefficient (Wildman–Crippen LogP) is 0.786. The van der Waals surface area contributed by atoms with Crippen LogP contribution in [-0.2, 0) is 17.6 Å². The second kappa shape index (κ2) is 7.12. The van der Waals surface area contributed by atoms with Gasteiger partial charge in [-0.1, -0.05) is 0 Å². The number of ether oxygens (including phenoxy) is 1. The maximum Gasteiger partial charge on any atom is 0.320 e. The number of carbonyl (C=O) groups is 1. The molecule has 1 fully saturated rings. The summed E-state index contributed by atoms with van der Waals surface area (Å²) < 4.78 is 5.33. The summed E-state index contributed by atoms with van der Waals surface area (Å²) in [4.78, 5) is 27.6. The Bertz CT molecular complexity index is 559. The van der Waals surface area contributed by atoms with Crippen LogP contribution < -0.4 is 4.90 Å². The molecule has 7 heteroatoms. The smallest absolute Gasteiger partial charge is 0.320 e. The van der Waals surface area contributed by atoms with Crippen molar-refractivity contribution in [1.29, 1.82) is 0 Å². The highest BCUT2D eigenvalue weighted by atomic mass is 16.5. The first-order valence-electron chi connectivity index (χ1n) is 8.36. The zero-order chi connectivity index (χ0) is 16.2. The molecule has 0 bridgehead atoms. The molecule has 126 valence electrons. The van der Waals surface area contributed by atoms with E-state index in [1.165, 1.54) is 5.56 Å². The average Bonchev–Trinajstić information content (AvgIpc) is 2.83. The fourth-order valence-corrected chi connectivity index (χ4v) is 3.13. The zero-order valence-electron chi connectivity index (χ0n) is 14.0. The van der Waals surface area contributed by atoms with Crippen molar-refractivity contribution in [2.24, 2.45) is 0 Å². The Morgan fingerprint density at radius 1 is 1.17 bits per heavy atom. The van der Waals surface area contributed by atoms with Gasteiger partial charge in [-0.2, -0.15) is 0 Å². The molecule has 3 heterocycles. The van der Waals surface area contributed by atoms with Crippen molar-refractivity contribution < 1.29 is 9.53 Å². The van der Waals surface area contributed by atoms with E-state index in [0.717, 1.165) is 44.0 Å². The van der Waals surface area contributed by atoms with Crippen LogP contribution in [0.3, 0.4) is 0 Å². The van der Waals surface area contributed by atoms with Crippen molar-refractivity contribution in [3.63, 3.8) is 0 Å². The minimum absolute atomic E-state index is 0.125. The van der Waals surface area contributed by atoms with Crippen molar-refractivity contribution in [3.05, 3.63) is 17.6 Å². The van der Waals surface area contributed by atoms with E-state index in [0.29, 0.717) is 26.3 Å². The highest BCUT2D eigenvalue weighted by Gasteiger charge is 2.26. The van der Waals surface area contributed by atoms with E-state index in [4.69, 9.17) is 4.74 Å². The van der Waals surface area contributed by atoms with Crippen LogP contribution >= 0.6 is 0 Å². The van der Waals surface area contributed by atoms with Crippen LogP contribution in [-0.4, -0.2) is 78.8 Å². The number of amides is 2. The van der Waals surface area contributed by atoms with E-state index < -0.39 is 0 Å². The number of aromatic nitrogens is 2. The van der Waals surface area contributed by atoms with Crippen LogP contribution in [0.25, 0.3) is 0 Å². The Balaban J connectivity index is 1.73. The molecule has 0 radical (unpaired) electrons. The van der Waals surface area contributed by atoms with Gasteiger partial charge >= 0.3 is 6.03 Å². The highest BCUT2D eigenvalue weighted by Crippen LogP contribution is 2.23. The van der Waals surface area contributed by atoms with Gasteiger partial charge in [0.15, 0.2) is 0 Å². The molecule has 1 aromatic rings. The summed E-state index contributed by atoms with van der Waals surface area (Å²) in [7, 11) is 2.05. The quantitative estimate of drug-likeness (QED) is 0.806. The van der Waals surface area contributed by atoms with Crippen LogP contribution in [0.1, 0.15) is 18.2 Å². The van der Waals surface area contributed by atoms with Crippen LogP contribution in [0.2, 0.25) is 0 Å². The van der Waals surface area contributed by atoms with Crippen LogP contribution in [0.15, 0.2) is 6.33 Å². The minimum atomic E-state index is 0.125. The standard InChI is InChI=1S/C16H25N5O2/c1-3-19(2)15-13-4-6-20(7-5-14(13)17-12-18-15)16(22)21-8-10-23-11-9-21/h12H,3-11H2,1-2H3. The lowest BCUT2D eigenvalue weighted by molar-refractivity contribution is 0.0436. The van der Waals surface area contributed by atoms with Gasteiger partial charge < -0.3 is 19.4 Å². The number of hydrogen-bond donors (Lipinski definition) is 0. The zero-order valence-corrected chi connectivity index (χ0v) is 14.0. The van der Waals surface area contributed by atoms with E-state index in [1.54, 1.807) is 6.33 Å². The number of morpholine rings is 1. The van der Waals surface area contributed by atoms with Gasteiger partial charge in [-0.05, 0) is 13.3 Å². The normalized spacial score (nSPS) is 18.3. The first kappa shape index (κ1) is 16.0. The van der Waals surface area contributed by atoms with Crippen molar-refractivity contribution in [1.82, 2.24) is 19.8 Å². The molecule has 0 atom stereocenters. The second-order valence-corrected chi connectivity index (χ2v) is 6.01. The number of carbonyl (C=O) groups excluding carboxylic acids is 1. The Labute approximate surface area is 137 Å². The highest BCUT2D eigenvalue weighted by molar-refractivity contribution is 5.74. The average molecular weight is 319 g/mol. The number of anilines is 1. The van der Waals surface area contributed by atoms with Crippen LogP contribution in [0, 0.1) is 0 Å². The molecule has 1 saturated heterocycles. The van der Waals surface area contributed by atoms with Gasteiger partial charge in [0.1, 0.15) is 12.1 Å². The topological polar surface area (TPSA) is 61.8 Å². The molecule has 2 amide bonds. The predicted molar refractivity (Wildman–Crippen MR) is 87.7 cm³/mol. The fourth-order valence-electron chi connectivity index (χ4n) is 3.13. The van der Waals surface area contributed by atoms with Crippen molar-refractivity contribution in [2.45, 2.75) is 19.8 Å². The van der Waals surface area contributed by atoms with Crippen molar-refractivity contribution in [2.75, 3.05) is 57.9 Å². The number of nitrogens with zero attached hydrogens (tertiary/aromatic N) is 5. The summed E-state index contributed by atoms with van der Waals surface area (Å²) in [6.45, 7) is 7.10. The Hall–Kier alpha value is -1.89. The summed E-state index contributed by atoms with van der Waals surface area (Å²) in [5.41, 5.74) is 2.27. The van der Waals surface area contributed by atoms with E-state index in [1.807, 2.05) is 16.8 Å². The van der Waals surface area contributed by atoms with Gasteiger partial charge in [0.25, 0.3) is 0 Å². The third-order valence-electron chi connectivity index (χ3n) is 4.65. The fraction of sp³-hybridized carbons (Fsp3) is 0.688. The molecule has 1 aromatic heterocycles. The lowest BCUT2D eigenvalue weighted by atomic mass is 10.1. The summed E-state index contributed by atoms with van der Waals surface area (Å²) in [5, 5.41) is 0. The Morgan fingerprint density at radius 3 is 2.61 bits per heavy atom. The number of fused-ring (bicyclic) bond motifs is 1. The molecule has 0 unspecified atom stereocenters. The monoisotopic (exact) mass is 319 g/mol. The molecule has 0 saturated carbocycles. The minimum Gasteiger partial charge on any atom is -0.378 e. The van der Waals surface area contributed by atoms with E-state index in [9.17, 15) is 4.79 Å². The first-order valence-corrected chi connectivity index (χ1v) is 8.36. The lowest BCUT2D eigenvalue weighted by Crippen LogP contribution is -2.48. The second-order valence-electron chi connectivity index (χ2n) is 6.01. The van der Waals surface area contributed by atoms with E-state index >= 15 is 0 Å². The third-order valence-corrected chi connectivity index (χ3v) is 4.65. The number of urea groups is 1. The largest absolute Gasteiger partial charge is 0.378 e.